The lowest BCUT2D eigenvalue weighted by molar-refractivity contribution is -0.383. The van der Waals surface area contributed by atoms with Crippen LogP contribution in [0.3, 0.4) is 0 Å². The maximum absolute atomic E-state index is 12.4. The van der Waals surface area contributed by atoms with Crippen LogP contribution in [0.25, 0.3) is 0 Å². The second kappa shape index (κ2) is 8.79. The summed E-state index contributed by atoms with van der Waals surface area (Å²) in [5, 5.41) is 14.7. The van der Waals surface area contributed by atoms with Gasteiger partial charge in [0.15, 0.2) is 0 Å². The number of hydrogen-bond donors (Lipinski definition) is 3. The minimum Gasteiger partial charge on any atom is -0.358 e. The van der Waals surface area contributed by atoms with Gasteiger partial charge in [0.05, 0.1) is 11.0 Å². The minimum atomic E-state index is -0.595. The van der Waals surface area contributed by atoms with Gasteiger partial charge in [0.1, 0.15) is 6.33 Å². The Morgan fingerprint density at radius 2 is 1.69 bits per heavy atom. The minimum absolute atomic E-state index is 0.0500. The van der Waals surface area contributed by atoms with Gasteiger partial charge >= 0.3 is 5.69 Å². The molecule has 0 spiro atoms. The van der Waals surface area contributed by atoms with Gasteiger partial charge < -0.3 is 5.32 Å². The standard InChI is InChI=1S/C20H20N6O3/c1-13-8-6-7-11-16(13)20(27)25-24-19-17(26(28)29)18(21-12-22-19)23-14(2)15-9-4-3-5-10-15/h3-12,14H,1-2H3,(H,25,27)(H2,21,22,23,24). The van der Waals surface area contributed by atoms with E-state index in [9.17, 15) is 14.9 Å². The number of hydrazine groups is 1. The fourth-order valence-electron chi connectivity index (χ4n) is 2.79. The van der Waals surface area contributed by atoms with E-state index in [-0.39, 0.29) is 23.4 Å². The lowest BCUT2D eigenvalue weighted by Crippen LogP contribution is -2.31. The molecule has 0 aliphatic heterocycles. The monoisotopic (exact) mass is 392 g/mol. The van der Waals surface area contributed by atoms with E-state index < -0.39 is 10.8 Å². The highest BCUT2D eigenvalue weighted by atomic mass is 16.6. The summed E-state index contributed by atoms with van der Waals surface area (Å²) in [4.78, 5) is 31.4. The molecule has 0 bridgehead atoms. The Kier molecular flexibility index (Phi) is 5.98. The van der Waals surface area contributed by atoms with Crippen LogP contribution in [0.4, 0.5) is 17.3 Å². The van der Waals surface area contributed by atoms with Crippen LogP contribution in [0.15, 0.2) is 60.9 Å². The molecule has 1 heterocycles. The Hall–Kier alpha value is -4.01. The third-order valence-corrected chi connectivity index (χ3v) is 4.34. The molecular formula is C20H20N6O3. The molecule has 29 heavy (non-hydrogen) atoms. The second-order valence-corrected chi connectivity index (χ2v) is 6.35. The van der Waals surface area contributed by atoms with E-state index >= 15 is 0 Å². The van der Waals surface area contributed by atoms with Crippen molar-refractivity contribution in [3.05, 3.63) is 87.7 Å². The van der Waals surface area contributed by atoms with Gasteiger partial charge in [0, 0.05) is 5.56 Å². The molecule has 0 aliphatic rings. The van der Waals surface area contributed by atoms with E-state index in [1.54, 1.807) is 25.1 Å². The zero-order chi connectivity index (χ0) is 20.8. The van der Waals surface area contributed by atoms with Gasteiger partial charge in [-0.2, -0.15) is 0 Å². The molecule has 9 nitrogen and oxygen atoms in total. The van der Waals surface area contributed by atoms with E-state index in [4.69, 9.17) is 0 Å². The number of nitro groups is 1. The molecule has 3 rings (SSSR count). The SMILES string of the molecule is Cc1ccccc1C(=O)NNc1ncnc(NC(C)c2ccccc2)c1[N+](=O)[O-]. The van der Waals surface area contributed by atoms with Crippen molar-refractivity contribution in [3.63, 3.8) is 0 Å². The number of carbonyl (C=O) groups is 1. The molecule has 3 N–H and O–H groups in total. The van der Waals surface area contributed by atoms with Crippen molar-refractivity contribution in [2.75, 3.05) is 10.7 Å². The van der Waals surface area contributed by atoms with Gasteiger partial charge in [-0.1, -0.05) is 48.5 Å². The second-order valence-electron chi connectivity index (χ2n) is 6.35. The number of anilines is 2. The zero-order valence-corrected chi connectivity index (χ0v) is 15.9. The number of aromatic nitrogens is 2. The Morgan fingerprint density at radius 1 is 1.03 bits per heavy atom. The third-order valence-electron chi connectivity index (χ3n) is 4.34. The van der Waals surface area contributed by atoms with Gasteiger partial charge in [-0.05, 0) is 31.0 Å². The lowest BCUT2D eigenvalue weighted by atomic mass is 10.1. The van der Waals surface area contributed by atoms with E-state index in [0.29, 0.717) is 5.56 Å². The van der Waals surface area contributed by atoms with Crippen LogP contribution in [0.5, 0.6) is 0 Å². The van der Waals surface area contributed by atoms with Crippen molar-refractivity contribution < 1.29 is 9.72 Å². The smallest absolute Gasteiger partial charge is 0.354 e. The van der Waals surface area contributed by atoms with Crippen LogP contribution in [0, 0.1) is 17.0 Å². The third kappa shape index (κ3) is 4.64. The molecule has 1 aromatic heterocycles. The number of nitrogens with one attached hydrogen (secondary N) is 3. The van der Waals surface area contributed by atoms with Crippen molar-refractivity contribution in [3.8, 4) is 0 Å². The first-order valence-corrected chi connectivity index (χ1v) is 8.90. The number of benzene rings is 2. The van der Waals surface area contributed by atoms with Crippen molar-refractivity contribution in [2.45, 2.75) is 19.9 Å². The fourth-order valence-corrected chi connectivity index (χ4v) is 2.79. The van der Waals surface area contributed by atoms with Crippen LogP contribution < -0.4 is 16.2 Å². The molecule has 0 radical (unpaired) electrons. The number of rotatable bonds is 7. The predicted molar refractivity (Wildman–Crippen MR) is 109 cm³/mol. The van der Waals surface area contributed by atoms with Crippen LogP contribution >= 0.6 is 0 Å². The summed E-state index contributed by atoms with van der Waals surface area (Å²) in [7, 11) is 0. The molecule has 0 aliphatic carbocycles. The molecule has 0 saturated heterocycles. The van der Waals surface area contributed by atoms with Crippen LogP contribution in [-0.2, 0) is 0 Å². The van der Waals surface area contributed by atoms with Gasteiger partial charge in [-0.3, -0.25) is 25.8 Å². The molecule has 2 aromatic carbocycles. The topological polar surface area (TPSA) is 122 Å². The Balaban J connectivity index is 1.81. The highest BCUT2D eigenvalue weighted by molar-refractivity contribution is 5.96. The molecule has 1 amide bonds. The van der Waals surface area contributed by atoms with Crippen molar-refractivity contribution in [2.24, 2.45) is 0 Å². The van der Waals surface area contributed by atoms with Crippen LogP contribution in [0.1, 0.15) is 34.5 Å². The highest BCUT2D eigenvalue weighted by Gasteiger charge is 2.25. The van der Waals surface area contributed by atoms with Gasteiger partial charge in [0.25, 0.3) is 5.91 Å². The molecule has 1 atom stereocenters. The van der Waals surface area contributed by atoms with E-state index in [1.807, 2.05) is 43.3 Å². The number of amides is 1. The lowest BCUT2D eigenvalue weighted by Gasteiger charge is -2.16. The average molecular weight is 392 g/mol. The van der Waals surface area contributed by atoms with E-state index in [2.05, 4.69) is 26.1 Å². The van der Waals surface area contributed by atoms with E-state index in [1.165, 1.54) is 6.33 Å². The zero-order valence-electron chi connectivity index (χ0n) is 15.9. The summed E-state index contributed by atoms with van der Waals surface area (Å²) in [5.41, 5.74) is 6.81. The number of aryl methyl sites for hydroxylation is 1. The van der Waals surface area contributed by atoms with Crippen molar-refractivity contribution in [1.82, 2.24) is 15.4 Å². The summed E-state index contributed by atoms with van der Waals surface area (Å²) in [6, 6.07) is 16.3. The normalized spacial score (nSPS) is 11.4. The number of hydrogen-bond acceptors (Lipinski definition) is 7. The van der Waals surface area contributed by atoms with Crippen LogP contribution in [0.2, 0.25) is 0 Å². The fraction of sp³-hybridized carbons (Fsp3) is 0.150. The van der Waals surface area contributed by atoms with E-state index in [0.717, 1.165) is 11.1 Å². The molecule has 9 heteroatoms. The summed E-state index contributed by atoms with van der Waals surface area (Å²) in [6.45, 7) is 3.67. The highest BCUT2D eigenvalue weighted by Crippen LogP contribution is 2.31. The summed E-state index contributed by atoms with van der Waals surface area (Å²) in [5.74, 6) is -0.494. The summed E-state index contributed by atoms with van der Waals surface area (Å²) >= 11 is 0. The molecule has 1 unspecified atom stereocenters. The molecule has 148 valence electrons. The quantitative estimate of drug-likeness (QED) is 0.414. The average Bonchev–Trinajstić information content (AvgIpc) is 2.72. The first-order valence-electron chi connectivity index (χ1n) is 8.90. The molecule has 3 aromatic rings. The molecule has 0 fully saturated rings. The van der Waals surface area contributed by atoms with Gasteiger partial charge in [0.2, 0.25) is 11.6 Å². The van der Waals surface area contributed by atoms with Crippen LogP contribution in [-0.4, -0.2) is 20.8 Å². The molecular weight excluding hydrogens is 372 g/mol. The largest absolute Gasteiger partial charge is 0.358 e. The first-order chi connectivity index (χ1) is 14.0. The Bertz CT molecular complexity index is 1030. The number of carbonyl (C=O) groups excluding carboxylic acids is 1. The van der Waals surface area contributed by atoms with Crippen molar-refractivity contribution >= 4 is 23.2 Å². The Morgan fingerprint density at radius 3 is 2.38 bits per heavy atom. The van der Waals surface area contributed by atoms with Crippen molar-refractivity contribution in [1.29, 1.82) is 0 Å². The predicted octanol–water partition coefficient (Wildman–Crippen LogP) is 3.62. The Labute approximate surface area is 167 Å². The maximum atomic E-state index is 12.4. The number of nitrogens with zero attached hydrogens (tertiary/aromatic N) is 3. The van der Waals surface area contributed by atoms with Gasteiger partial charge in [-0.15, -0.1) is 0 Å². The van der Waals surface area contributed by atoms with Gasteiger partial charge in [-0.25, -0.2) is 9.97 Å². The molecule has 0 saturated carbocycles. The maximum Gasteiger partial charge on any atom is 0.354 e. The first kappa shape index (κ1) is 19.7. The summed E-state index contributed by atoms with van der Waals surface area (Å²) in [6.07, 6.45) is 1.19. The summed E-state index contributed by atoms with van der Waals surface area (Å²) < 4.78 is 0.